The first-order valence-electron chi connectivity index (χ1n) is 30.5. The van der Waals surface area contributed by atoms with Crippen LogP contribution in [0.1, 0.15) is 316 Å². The van der Waals surface area contributed by atoms with Gasteiger partial charge in [0.05, 0.1) is 39.9 Å². The van der Waals surface area contributed by atoms with Gasteiger partial charge in [-0.3, -0.25) is 13.8 Å². The zero-order chi connectivity index (χ0) is 50.8. The van der Waals surface area contributed by atoms with Gasteiger partial charge in [-0.25, -0.2) is 4.57 Å². The summed E-state index contributed by atoms with van der Waals surface area (Å²) in [6, 6.07) is -1.03. The van der Waals surface area contributed by atoms with Gasteiger partial charge < -0.3 is 24.9 Å². The molecule has 0 spiro atoms. The molecule has 0 aliphatic rings. The number of quaternary nitrogens is 1. The molecule has 1 amide bonds. The number of likely N-dealkylation sites (N-methyl/N-ethyl adjacent to an activating group) is 1. The minimum absolute atomic E-state index is 0.0260. The van der Waals surface area contributed by atoms with Gasteiger partial charge in [0.2, 0.25) is 5.91 Å². The summed E-state index contributed by atoms with van der Waals surface area (Å²) >= 11 is 0. The maximum Gasteiger partial charge on any atom is 0.472 e. The number of hydrogen-bond acceptors (Lipinski definition) is 6. The van der Waals surface area contributed by atoms with Crippen LogP contribution in [-0.4, -0.2) is 84.6 Å². The van der Waals surface area contributed by atoms with Crippen LogP contribution in [-0.2, 0) is 18.4 Å². The van der Waals surface area contributed by atoms with E-state index in [1.165, 1.54) is 250 Å². The molecule has 9 nitrogen and oxygen atoms in total. The summed E-state index contributed by atoms with van der Waals surface area (Å²) < 4.78 is 23.6. The standard InChI is InChI=1S/C59H121N2O7P/c1-6-8-10-12-14-16-18-20-21-22-23-24-25-26-27-28-29-30-31-32-33-34-35-36-37-38-39-40-42-44-46-48-50-52-58(63)60-56(55-68-69(65,66)67-54-53-61(3,4)5)59(64)57(62)51-49-47-45-43-41-19-17-15-13-11-9-7-2/h56-57,59,62,64H,6-55H2,1-5H3,(H-,60,63,65,66)/p+1. The minimum atomic E-state index is -4.42. The monoisotopic (exact) mass is 1000 g/mol. The van der Waals surface area contributed by atoms with Gasteiger partial charge in [-0.1, -0.05) is 296 Å². The second-order valence-electron chi connectivity index (χ2n) is 22.6. The van der Waals surface area contributed by atoms with Gasteiger partial charge in [0.25, 0.3) is 0 Å². The molecule has 69 heavy (non-hydrogen) atoms. The zero-order valence-corrected chi connectivity index (χ0v) is 47.9. The number of aliphatic hydroxyl groups is 2. The second kappa shape index (κ2) is 51.0. The van der Waals surface area contributed by atoms with E-state index in [0.29, 0.717) is 23.9 Å². The van der Waals surface area contributed by atoms with E-state index in [0.717, 1.165) is 38.5 Å². The third-order valence-corrected chi connectivity index (χ3v) is 15.4. The molecule has 10 heteroatoms. The Hall–Kier alpha value is -0.540. The van der Waals surface area contributed by atoms with E-state index in [-0.39, 0.29) is 12.5 Å². The molecular formula is C59H122N2O7P+. The van der Waals surface area contributed by atoms with Crippen LogP contribution in [0, 0.1) is 0 Å². The Balaban J connectivity index is 3.99. The number of rotatable bonds is 57. The zero-order valence-electron chi connectivity index (χ0n) is 47.0. The number of amides is 1. The fraction of sp³-hybridized carbons (Fsp3) is 0.983. The van der Waals surface area contributed by atoms with Crippen molar-refractivity contribution in [3.8, 4) is 0 Å². The SMILES string of the molecule is CCCCCCCCCCCCCCCCCCCCCCCCCCCCCCCCCCCC(=O)NC(COP(=O)(O)OCC[N+](C)(C)C)C(O)C(O)CCCCCCCCCCCCCC. The van der Waals surface area contributed by atoms with Crippen LogP contribution < -0.4 is 5.32 Å². The molecule has 0 aromatic carbocycles. The number of phosphoric acid groups is 1. The Morgan fingerprint density at radius 2 is 0.725 bits per heavy atom. The Labute approximate surface area is 430 Å². The van der Waals surface area contributed by atoms with Crippen molar-refractivity contribution in [2.45, 2.75) is 334 Å². The highest BCUT2D eigenvalue weighted by atomic mass is 31.2. The summed E-state index contributed by atoms with van der Waals surface area (Å²) in [5, 5.41) is 24.8. The lowest BCUT2D eigenvalue weighted by molar-refractivity contribution is -0.870. The molecule has 0 radical (unpaired) electrons. The predicted octanol–water partition coefficient (Wildman–Crippen LogP) is 17.4. The van der Waals surface area contributed by atoms with Crippen molar-refractivity contribution in [1.29, 1.82) is 0 Å². The van der Waals surface area contributed by atoms with Crippen LogP contribution in [0.4, 0.5) is 0 Å². The third-order valence-electron chi connectivity index (χ3n) is 14.4. The van der Waals surface area contributed by atoms with E-state index in [1.54, 1.807) is 0 Å². The van der Waals surface area contributed by atoms with Gasteiger partial charge in [-0.15, -0.1) is 0 Å². The normalized spacial score (nSPS) is 14.3. The molecule has 0 rings (SSSR count). The van der Waals surface area contributed by atoms with E-state index in [4.69, 9.17) is 9.05 Å². The predicted molar refractivity (Wildman–Crippen MR) is 297 cm³/mol. The lowest BCUT2D eigenvalue weighted by Crippen LogP contribution is -2.51. The van der Waals surface area contributed by atoms with Gasteiger partial charge in [0.1, 0.15) is 19.3 Å². The summed E-state index contributed by atoms with van der Waals surface area (Å²) in [5.41, 5.74) is 0. The lowest BCUT2D eigenvalue weighted by atomic mass is 9.99. The second-order valence-corrected chi connectivity index (χ2v) is 24.0. The van der Waals surface area contributed by atoms with Crippen LogP contribution in [0.5, 0.6) is 0 Å². The molecule has 0 bridgehead atoms. The molecule has 0 aliphatic heterocycles. The first-order chi connectivity index (χ1) is 33.4. The molecule has 4 unspecified atom stereocenters. The summed E-state index contributed by atoms with van der Waals surface area (Å²) in [5.74, 6) is -0.250. The average Bonchev–Trinajstić information content (AvgIpc) is 3.31. The van der Waals surface area contributed by atoms with Crippen LogP contribution in [0.15, 0.2) is 0 Å². The van der Waals surface area contributed by atoms with Crippen molar-refractivity contribution in [2.75, 3.05) is 40.9 Å². The van der Waals surface area contributed by atoms with E-state index in [1.807, 2.05) is 21.1 Å². The summed E-state index contributed by atoms with van der Waals surface area (Å²) in [7, 11) is 1.45. The van der Waals surface area contributed by atoms with E-state index >= 15 is 0 Å². The smallest absolute Gasteiger partial charge is 0.390 e. The molecule has 0 aliphatic carbocycles. The molecule has 414 valence electrons. The molecule has 0 saturated heterocycles. The van der Waals surface area contributed by atoms with Crippen LogP contribution in [0.3, 0.4) is 0 Å². The molecule has 4 N–H and O–H groups in total. The number of nitrogens with one attached hydrogen (secondary N) is 1. The van der Waals surface area contributed by atoms with Crippen molar-refractivity contribution in [2.24, 2.45) is 0 Å². The number of carbonyl (C=O) groups is 1. The Morgan fingerprint density at radius 1 is 0.449 bits per heavy atom. The molecule has 0 fully saturated rings. The molecule has 0 aromatic heterocycles. The van der Waals surface area contributed by atoms with Gasteiger partial charge in [0.15, 0.2) is 0 Å². The van der Waals surface area contributed by atoms with Crippen LogP contribution in [0.2, 0.25) is 0 Å². The minimum Gasteiger partial charge on any atom is -0.390 e. The molecule has 0 heterocycles. The van der Waals surface area contributed by atoms with E-state index in [2.05, 4.69) is 19.2 Å². The van der Waals surface area contributed by atoms with E-state index in [9.17, 15) is 24.5 Å². The van der Waals surface area contributed by atoms with Gasteiger partial charge in [-0.2, -0.15) is 0 Å². The number of phosphoric ester groups is 1. The third kappa shape index (κ3) is 52.1. The number of aliphatic hydroxyl groups excluding tert-OH is 2. The van der Waals surface area contributed by atoms with E-state index < -0.39 is 32.7 Å². The lowest BCUT2D eigenvalue weighted by Gasteiger charge is -2.28. The van der Waals surface area contributed by atoms with Crippen LogP contribution >= 0.6 is 7.82 Å². The molecule has 4 atom stereocenters. The first-order valence-corrected chi connectivity index (χ1v) is 32.0. The number of carbonyl (C=O) groups excluding carboxylic acids is 1. The number of hydrogen-bond donors (Lipinski definition) is 4. The summed E-state index contributed by atoms with van der Waals surface area (Å²) in [4.78, 5) is 23.3. The maximum atomic E-state index is 13.0. The van der Waals surface area contributed by atoms with Crippen molar-refractivity contribution >= 4 is 13.7 Å². The Bertz CT molecular complexity index is 1110. The van der Waals surface area contributed by atoms with Crippen molar-refractivity contribution < 1.29 is 38.0 Å². The molecule has 0 aromatic rings. The highest BCUT2D eigenvalue weighted by Crippen LogP contribution is 2.43. The number of unbranched alkanes of at least 4 members (excludes halogenated alkanes) is 43. The maximum absolute atomic E-state index is 13.0. The Kier molecular flexibility index (Phi) is 50.6. The quantitative estimate of drug-likeness (QED) is 0.0272. The molecular weight excluding hydrogens is 880 g/mol. The topological polar surface area (TPSA) is 125 Å². The van der Waals surface area contributed by atoms with Crippen molar-refractivity contribution in [1.82, 2.24) is 5.32 Å². The fourth-order valence-corrected chi connectivity index (χ4v) is 10.4. The van der Waals surface area contributed by atoms with Crippen LogP contribution in [0.25, 0.3) is 0 Å². The highest BCUT2D eigenvalue weighted by Gasteiger charge is 2.32. The van der Waals surface area contributed by atoms with Gasteiger partial charge >= 0.3 is 7.82 Å². The number of nitrogens with zero attached hydrogens (tertiary/aromatic N) is 1. The highest BCUT2D eigenvalue weighted by molar-refractivity contribution is 7.47. The Morgan fingerprint density at radius 3 is 1.01 bits per heavy atom. The first kappa shape index (κ1) is 68.5. The summed E-state index contributed by atoms with van der Waals surface area (Å²) in [6.07, 6.45) is 57.9. The van der Waals surface area contributed by atoms with Gasteiger partial charge in [0, 0.05) is 6.42 Å². The average molecular weight is 1000 g/mol. The van der Waals surface area contributed by atoms with Gasteiger partial charge in [-0.05, 0) is 12.8 Å². The molecule has 0 saturated carbocycles. The van der Waals surface area contributed by atoms with Crippen molar-refractivity contribution in [3.63, 3.8) is 0 Å². The largest absolute Gasteiger partial charge is 0.472 e. The fourth-order valence-electron chi connectivity index (χ4n) is 9.62. The summed E-state index contributed by atoms with van der Waals surface area (Å²) in [6.45, 7) is 4.65. The van der Waals surface area contributed by atoms with Crippen molar-refractivity contribution in [3.05, 3.63) is 0 Å².